The molecule has 0 radical (unpaired) electrons. The smallest absolute Gasteiger partial charge is 0.187 e. The maximum Gasteiger partial charge on any atom is 0.187 e. The fraction of sp³-hybridized carbons (Fsp3) is 0.500. The summed E-state index contributed by atoms with van der Waals surface area (Å²) < 4.78 is 0. The zero-order chi connectivity index (χ0) is 5.11. The second kappa shape index (κ2) is 1.71. The molecule has 0 fully saturated rings. The van der Waals surface area contributed by atoms with Crippen LogP contribution in [-0.4, -0.2) is 18.9 Å². The fourth-order valence-corrected chi connectivity index (χ4v) is 0.454. The van der Waals surface area contributed by atoms with Crippen LogP contribution in [-0.2, 0) is 0 Å². The first-order chi connectivity index (χ1) is 3.43. The van der Waals surface area contributed by atoms with Gasteiger partial charge in [-0.3, -0.25) is 10.3 Å². The maximum absolute atomic E-state index is 8.14. The van der Waals surface area contributed by atoms with Gasteiger partial charge in [0, 0.05) is 12.8 Å². The molecule has 1 rings (SSSR count). The molecule has 7 heavy (non-hydrogen) atoms. The van der Waals surface area contributed by atoms with Gasteiger partial charge in [-0.25, -0.2) is 0 Å². The third kappa shape index (κ3) is 0.756. The van der Waals surface area contributed by atoms with Crippen molar-refractivity contribution < 1.29 is 0 Å². The van der Waals surface area contributed by atoms with Crippen molar-refractivity contribution in [1.82, 2.24) is 5.32 Å². The molecule has 1 heterocycles. The zero-order valence-electron chi connectivity index (χ0n) is 3.76. The van der Waals surface area contributed by atoms with Crippen molar-refractivity contribution in [3.05, 3.63) is 0 Å². The minimum absolute atomic E-state index is 0.278. The molecular weight excluding hydrogens is 90.1 g/mol. The Labute approximate surface area is 41.7 Å². The largest absolute Gasteiger partial charge is 0.279 e. The van der Waals surface area contributed by atoms with Gasteiger partial charge in [-0.1, -0.05) is 0 Å². The number of nitrogens with zero attached hydrogens (tertiary/aromatic N) is 2. The van der Waals surface area contributed by atoms with Gasteiger partial charge in [0.25, 0.3) is 0 Å². The zero-order valence-corrected chi connectivity index (χ0v) is 3.76. The lowest BCUT2D eigenvalue weighted by molar-refractivity contribution is 0.731. The average molecular weight is 95.1 g/mol. The Bertz CT molecular complexity index is 121. The van der Waals surface area contributed by atoms with Gasteiger partial charge >= 0.3 is 0 Å². The SMILES string of the molecule is N#CC1N=CCN1. The van der Waals surface area contributed by atoms with Crippen molar-refractivity contribution in [2.75, 3.05) is 6.54 Å². The molecule has 0 bridgehead atoms. The molecule has 0 aromatic rings. The van der Waals surface area contributed by atoms with Crippen LogP contribution in [0.25, 0.3) is 0 Å². The van der Waals surface area contributed by atoms with E-state index in [-0.39, 0.29) is 6.17 Å². The lowest BCUT2D eigenvalue weighted by Crippen LogP contribution is -2.19. The highest BCUT2D eigenvalue weighted by molar-refractivity contribution is 5.62. The van der Waals surface area contributed by atoms with E-state index in [4.69, 9.17) is 5.26 Å². The molecule has 0 aliphatic carbocycles. The second-order valence-corrected chi connectivity index (χ2v) is 1.27. The maximum atomic E-state index is 8.14. The molecule has 1 unspecified atom stereocenters. The third-order valence-electron chi connectivity index (χ3n) is 0.779. The topological polar surface area (TPSA) is 48.2 Å². The Kier molecular flexibility index (Phi) is 1.05. The minimum Gasteiger partial charge on any atom is -0.279 e. The predicted molar refractivity (Wildman–Crippen MR) is 25.9 cm³/mol. The van der Waals surface area contributed by atoms with E-state index in [1.54, 1.807) is 6.21 Å². The molecule has 0 spiro atoms. The van der Waals surface area contributed by atoms with Crippen LogP contribution in [0.4, 0.5) is 0 Å². The molecule has 0 aromatic carbocycles. The van der Waals surface area contributed by atoms with E-state index in [0.29, 0.717) is 0 Å². The van der Waals surface area contributed by atoms with Crippen LogP contribution >= 0.6 is 0 Å². The van der Waals surface area contributed by atoms with Gasteiger partial charge in [-0.15, -0.1) is 0 Å². The molecule has 0 saturated carbocycles. The van der Waals surface area contributed by atoms with Crippen LogP contribution in [0.3, 0.4) is 0 Å². The van der Waals surface area contributed by atoms with Crippen molar-refractivity contribution in [2.24, 2.45) is 4.99 Å². The van der Waals surface area contributed by atoms with Gasteiger partial charge in [0.1, 0.15) is 6.07 Å². The molecule has 1 atom stereocenters. The predicted octanol–water partition coefficient (Wildman–Crippen LogP) is -0.490. The Balaban J connectivity index is 2.47. The Hall–Kier alpha value is -0.880. The van der Waals surface area contributed by atoms with Gasteiger partial charge in [-0.05, 0) is 0 Å². The first kappa shape index (κ1) is 4.28. The second-order valence-electron chi connectivity index (χ2n) is 1.27. The molecule has 1 N–H and O–H groups in total. The van der Waals surface area contributed by atoms with Gasteiger partial charge in [0.2, 0.25) is 0 Å². The molecule has 1 aliphatic heterocycles. The van der Waals surface area contributed by atoms with E-state index in [1.165, 1.54) is 0 Å². The van der Waals surface area contributed by atoms with Gasteiger partial charge in [0.15, 0.2) is 6.17 Å². The number of rotatable bonds is 0. The Morgan fingerprint density at radius 2 is 2.86 bits per heavy atom. The standard InChI is InChI=1S/C4H5N3/c5-3-4-6-1-2-7-4/h1,4,7H,2H2. The van der Waals surface area contributed by atoms with E-state index < -0.39 is 0 Å². The number of hydrogen-bond donors (Lipinski definition) is 1. The molecule has 0 amide bonds. The van der Waals surface area contributed by atoms with Crippen LogP contribution in [0.2, 0.25) is 0 Å². The van der Waals surface area contributed by atoms with Crippen LogP contribution in [0, 0.1) is 11.3 Å². The number of hydrogen-bond acceptors (Lipinski definition) is 3. The molecule has 0 saturated heterocycles. The normalized spacial score (nSPS) is 27.6. The Morgan fingerprint density at radius 3 is 3.14 bits per heavy atom. The highest BCUT2D eigenvalue weighted by atomic mass is 15.1. The summed E-state index contributed by atoms with van der Waals surface area (Å²) in [7, 11) is 0. The van der Waals surface area contributed by atoms with E-state index >= 15 is 0 Å². The summed E-state index contributed by atoms with van der Waals surface area (Å²) in [5.74, 6) is 0. The molecule has 3 heteroatoms. The van der Waals surface area contributed by atoms with Crippen molar-refractivity contribution in [1.29, 1.82) is 5.26 Å². The highest BCUT2D eigenvalue weighted by Gasteiger charge is 2.04. The van der Waals surface area contributed by atoms with Gasteiger partial charge in [-0.2, -0.15) is 5.26 Å². The Morgan fingerprint density at radius 1 is 2.00 bits per heavy atom. The minimum atomic E-state index is -0.278. The number of nitriles is 1. The van der Waals surface area contributed by atoms with Gasteiger partial charge < -0.3 is 0 Å². The van der Waals surface area contributed by atoms with E-state index in [2.05, 4.69) is 10.3 Å². The van der Waals surface area contributed by atoms with Crippen molar-refractivity contribution in [2.45, 2.75) is 6.17 Å². The van der Waals surface area contributed by atoms with Crippen LogP contribution in [0.1, 0.15) is 0 Å². The highest BCUT2D eigenvalue weighted by Crippen LogP contribution is 1.85. The van der Waals surface area contributed by atoms with Gasteiger partial charge in [0.05, 0.1) is 0 Å². The lowest BCUT2D eigenvalue weighted by atomic mass is 10.6. The molecular formula is C4H5N3. The summed E-state index contributed by atoms with van der Waals surface area (Å²) in [5.41, 5.74) is 0. The summed E-state index contributed by atoms with van der Waals surface area (Å²) in [4.78, 5) is 3.76. The van der Waals surface area contributed by atoms with E-state index in [0.717, 1.165) is 6.54 Å². The number of nitrogens with one attached hydrogen (secondary N) is 1. The fourth-order valence-electron chi connectivity index (χ4n) is 0.454. The summed E-state index contributed by atoms with van der Waals surface area (Å²) in [6.07, 6.45) is 1.42. The van der Waals surface area contributed by atoms with Crippen molar-refractivity contribution >= 4 is 6.21 Å². The van der Waals surface area contributed by atoms with Crippen molar-refractivity contribution in [3.8, 4) is 6.07 Å². The van der Waals surface area contributed by atoms with Crippen molar-refractivity contribution in [3.63, 3.8) is 0 Å². The average Bonchev–Trinajstić information content (AvgIpc) is 2.14. The first-order valence-electron chi connectivity index (χ1n) is 2.08. The number of aliphatic imine (C=N–C) groups is 1. The summed E-state index contributed by atoms with van der Waals surface area (Å²) in [5, 5.41) is 11.0. The molecule has 36 valence electrons. The van der Waals surface area contributed by atoms with E-state index in [9.17, 15) is 0 Å². The monoisotopic (exact) mass is 95.0 g/mol. The molecule has 1 aliphatic rings. The van der Waals surface area contributed by atoms with Crippen LogP contribution < -0.4 is 5.32 Å². The summed E-state index contributed by atoms with van der Waals surface area (Å²) >= 11 is 0. The van der Waals surface area contributed by atoms with E-state index in [1.807, 2.05) is 6.07 Å². The summed E-state index contributed by atoms with van der Waals surface area (Å²) in [6.45, 7) is 0.734. The van der Waals surface area contributed by atoms with Crippen LogP contribution in [0.15, 0.2) is 4.99 Å². The molecule has 0 aromatic heterocycles. The van der Waals surface area contributed by atoms with Crippen LogP contribution in [0.5, 0.6) is 0 Å². The molecule has 3 nitrogen and oxygen atoms in total. The summed E-state index contributed by atoms with van der Waals surface area (Å²) in [6, 6.07) is 1.95. The third-order valence-corrected chi connectivity index (χ3v) is 0.779. The quantitative estimate of drug-likeness (QED) is 0.441. The lowest BCUT2D eigenvalue weighted by Gasteiger charge is -1.89. The first-order valence-corrected chi connectivity index (χ1v) is 2.08.